The molecule has 0 spiro atoms. The largest absolute Gasteiger partial charge is 0.300 e. The molecular weight excluding hydrogens is 172 g/mol. The molecule has 0 aromatic carbocycles. The van der Waals surface area contributed by atoms with Crippen molar-refractivity contribution in [2.75, 3.05) is 0 Å². The molecule has 0 bridgehead atoms. The van der Waals surface area contributed by atoms with Crippen molar-refractivity contribution in [3.05, 3.63) is 0 Å². The summed E-state index contributed by atoms with van der Waals surface area (Å²) in [5, 5.41) is 0. The molecule has 1 heteroatoms. The van der Waals surface area contributed by atoms with Crippen molar-refractivity contribution >= 4 is 5.78 Å². The van der Waals surface area contributed by atoms with Gasteiger partial charge in [0.05, 0.1) is 0 Å². The van der Waals surface area contributed by atoms with E-state index in [1.165, 1.54) is 44.9 Å². The molecule has 2 aliphatic rings. The zero-order chi connectivity index (χ0) is 9.80. The summed E-state index contributed by atoms with van der Waals surface area (Å²) in [6.07, 6.45) is 12.8. The number of hydrogen-bond donors (Lipinski definition) is 0. The maximum atomic E-state index is 11.3. The summed E-state index contributed by atoms with van der Waals surface area (Å²) >= 11 is 0. The third kappa shape index (κ3) is 2.83. The van der Waals surface area contributed by atoms with Crippen LogP contribution in [0.15, 0.2) is 0 Å². The SMILES string of the molecule is O=C1CCCC(CC2CCCCC2)C1. The van der Waals surface area contributed by atoms with Gasteiger partial charge >= 0.3 is 0 Å². The second-order valence-electron chi connectivity index (χ2n) is 5.24. The number of rotatable bonds is 2. The summed E-state index contributed by atoms with van der Waals surface area (Å²) in [7, 11) is 0. The van der Waals surface area contributed by atoms with Crippen molar-refractivity contribution in [3.63, 3.8) is 0 Å². The number of hydrogen-bond acceptors (Lipinski definition) is 1. The lowest BCUT2D eigenvalue weighted by Crippen LogP contribution is -2.19. The van der Waals surface area contributed by atoms with E-state index >= 15 is 0 Å². The van der Waals surface area contributed by atoms with Crippen molar-refractivity contribution in [1.29, 1.82) is 0 Å². The molecule has 0 aromatic rings. The van der Waals surface area contributed by atoms with E-state index in [0.29, 0.717) is 5.78 Å². The molecule has 0 N–H and O–H groups in total. The molecule has 2 fully saturated rings. The second-order valence-corrected chi connectivity index (χ2v) is 5.24. The van der Waals surface area contributed by atoms with E-state index in [2.05, 4.69) is 0 Å². The summed E-state index contributed by atoms with van der Waals surface area (Å²) < 4.78 is 0. The predicted octanol–water partition coefficient (Wildman–Crippen LogP) is 3.72. The summed E-state index contributed by atoms with van der Waals surface area (Å²) in [5.74, 6) is 2.23. The van der Waals surface area contributed by atoms with Crippen LogP contribution in [-0.2, 0) is 4.79 Å². The average molecular weight is 194 g/mol. The van der Waals surface area contributed by atoms with Gasteiger partial charge < -0.3 is 0 Å². The fourth-order valence-corrected chi connectivity index (χ4v) is 3.21. The molecule has 0 aliphatic heterocycles. The summed E-state index contributed by atoms with van der Waals surface area (Å²) in [4.78, 5) is 11.3. The molecule has 0 saturated heterocycles. The van der Waals surface area contributed by atoms with Crippen LogP contribution >= 0.6 is 0 Å². The standard InChI is InChI=1S/C13H22O/c14-13-8-4-7-12(10-13)9-11-5-2-1-3-6-11/h11-12H,1-10H2. The van der Waals surface area contributed by atoms with E-state index in [0.717, 1.165) is 31.1 Å². The topological polar surface area (TPSA) is 17.1 Å². The van der Waals surface area contributed by atoms with Gasteiger partial charge in [-0.2, -0.15) is 0 Å². The highest BCUT2D eigenvalue weighted by Crippen LogP contribution is 2.33. The van der Waals surface area contributed by atoms with Crippen LogP contribution in [0.4, 0.5) is 0 Å². The molecule has 0 radical (unpaired) electrons. The lowest BCUT2D eigenvalue weighted by Gasteiger charge is -2.28. The van der Waals surface area contributed by atoms with Gasteiger partial charge in [-0.3, -0.25) is 4.79 Å². The van der Waals surface area contributed by atoms with Crippen LogP contribution in [0.1, 0.15) is 64.2 Å². The van der Waals surface area contributed by atoms with Gasteiger partial charge in [-0.1, -0.05) is 32.1 Å². The van der Waals surface area contributed by atoms with Gasteiger partial charge in [0.1, 0.15) is 5.78 Å². The maximum Gasteiger partial charge on any atom is 0.133 e. The molecule has 0 amide bonds. The van der Waals surface area contributed by atoms with Crippen molar-refractivity contribution < 1.29 is 4.79 Å². The fraction of sp³-hybridized carbons (Fsp3) is 0.923. The first-order valence-corrected chi connectivity index (χ1v) is 6.36. The Kier molecular flexibility index (Phi) is 3.61. The third-order valence-corrected chi connectivity index (χ3v) is 3.98. The van der Waals surface area contributed by atoms with Crippen LogP contribution in [-0.4, -0.2) is 5.78 Å². The summed E-state index contributed by atoms with van der Waals surface area (Å²) in [5.41, 5.74) is 0. The van der Waals surface area contributed by atoms with E-state index in [1.807, 2.05) is 0 Å². The Hall–Kier alpha value is -0.330. The van der Waals surface area contributed by atoms with Crippen LogP contribution in [0.3, 0.4) is 0 Å². The molecule has 1 nitrogen and oxygen atoms in total. The van der Waals surface area contributed by atoms with Gasteiger partial charge in [0.2, 0.25) is 0 Å². The van der Waals surface area contributed by atoms with Gasteiger partial charge in [0.15, 0.2) is 0 Å². The first-order valence-electron chi connectivity index (χ1n) is 6.36. The Morgan fingerprint density at radius 3 is 2.36 bits per heavy atom. The monoisotopic (exact) mass is 194 g/mol. The highest BCUT2D eigenvalue weighted by molar-refractivity contribution is 5.79. The summed E-state index contributed by atoms with van der Waals surface area (Å²) in [6.45, 7) is 0. The number of Topliss-reactive ketones (excluding diaryl/α,β-unsaturated/α-hetero) is 1. The van der Waals surface area contributed by atoms with Crippen LogP contribution in [0, 0.1) is 11.8 Å². The number of carbonyl (C=O) groups is 1. The minimum atomic E-state index is 0.525. The van der Waals surface area contributed by atoms with Gasteiger partial charge in [0.25, 0.3) is 0 Å². The first kappa shape index (κ1) is 10.2. The van der Waals surface area contributed by atoms with Gasteiger partial charge in [-0.15, -0.1) is 0 Å². The smallest absolute Gasteiger partial charge is 0.133 e. The van der Waals surface area contributed by atoms with E-state index in [4.69, 9.17) is 0 Å². The molecule has 14 heavy (non-hydrogen) atoms. The Morgan fingerprint density at radius 2 is 1.64 bits per heavy atom. The zero-order valence-electron chi connectivity index (χ0n) is 9.13. The highest BCUT2D eigenvalue weighted by atomic mass is 16.1. The molecule has 1 atom stereocenters. The van der Waals surface area contributed by atoms with E-state index in [1.54, 1.807) is 0 Å². The Balaban J connectivity index is 1.75. The normalized spacial score (nSPS) is 30.6. The molecule has 80 valence electrons. The lowest BCUT2D eigenvalue weighted by atomic mass is 9.77. The van der Waals surface area contributed by atoms with Crippen LogP contribution < -0.4 is 0 Å². The predicted molar refractivity (Wildman–Crippen MR) is 58.2 cm³/mol. The highest BCUT2D eigenvalue weighted by Gasteiger charge is 2.23. The van der Waals surface area contributed by atoms with Gasteiger partial charge in [-0.25, -0.2) is 0 Å². The molecule has 2 aliphatic carbocycles. The van der Waals surface area contributed by atoms with Crippen molar-refractivity contribution in [1.82, 2.24) is 0 Å². The van der Waals surface area contributed by atoms with Crippen molar-refractivity contribution in [2.24, 2.45) is 11.8 Å². The average Bonchev–Trinajstić information content (AvgIpc) is 2.19. The lowest BCUT2D eigenvalue weighted by molar-refractivity contribution is -0.121. The summed E-state index contributed by atoms with van der Waals surface area (Å²) in [6, 6.07) is 0. The van der Waals surface area contributed by atoms with Crippen molar-refractivity contribution in [2.45, 2.75) is 64.2 Å². The van der Waals surface area contributed by atoms with Crippen LogP contribution in [0.2, 0.25) is 0 Å². The van der Waals surface area contributed by atoms with Crippen LogP contribution in [0.25, 0.3) is 0 Å². The maximum absolute atomic E-state index is 11.3. The number of ketones is 1. The molecular formula is C13H22O. The molecule has 2 rings (SSSR count). The minimum absolute atomic E-state index is 0.525. The Labute approximate surface area is 87.3 Å². The molecule has 2 saturated carbocycles. The molecule has 0 heterocycles. The fourth-order valence-electron chi connectivity index (χ4n) is 3.21. The number of carbonyl (C=O) groups excluding carboxylic acids is 1. The first-order chi connectivity index (χ1) is 6.84. The molecule has 0 aromatic heterocycles. The zero-order valence-corrected chi connectivity index (χ0v) is 9.13. The molecule has 1 unspecified atom stereocenters. The second kappa shape index (κ2) is 4.95. The van der Waals surface area contributed by atoms with Gasteiger partial charge in [-0.05, 0) is 31.1 Å². The Bertz CT molecular complexity index is 191. The minimum Gasteiger partial charge on any atom is -0.300 e. The van der Waals surface area contributed by atoms with E-state index in [9.17, 15) is 4.79 Å². The quantitative estimate of drug-likeness (QED) is 0.655. The van der Waals surface area contributed by atoms with Crippen molar-refractivity contribution in [3.8, 4) is 0 Å². The van der Waals surface area contributed by atoms with E-state index < -0.39 is 0 Å². The van der Waals surface area contributed by atoms with Crippen LogP contribution in [0.5, 0.6) is 0 Å². The Morgan fingerprint density at radius 1 is 0.929 bits per heavy atom. The van der Waals surface area contributed by atoms with E-state index in [-0.39, 0.29) is 0 Å². The third-order valence-electron chi connectivity index (χ3n) is 3.98. The van der Waals surface area contributed by atoms with Gasteiger partial charge in [0, 0.05) is 12.8 Å².